The third-order valence-electron chi connectivity index (χ3n) is 3.76. The summed E-state index contributed by atoms with van der Waals surface area (Å²) in [7, 11) is -4.01. The number of ether oxygens (including phenoxy) is 1. The zero-order chi connectivity index (χ0) is 19.5. The Morgan fingerprint density at radius 2 is 1.85 bits per heavy atom. The fourth-order valence-corrected chi connectivity index (χ4v) is 3.52. The van der Waals surface area contributed by atoms with Crippen molar-refractivity contribution < 1.29 is 17.9 Å². The predicted molar refractivity (Wildman–Crippen MR) is 101 cm³/mol. The van der Waals surface area contributed by atoms with E-state index >= 15 is 0 Å². The number of amides is 1. The van der Waals surface area contributed by atoms with Gasteiger partial charge in [0.25, 0.3) is 5.91 Å². The smallest absolute Gasteiger partial charge is 0.251 e. The second-order valence-electron chi connectivity index (χ2n) is 6.10. The first-order valence-corrected chi connectivity index (χ1v) is 9.84. The lowest BCUT2D eigenvalue weighted by atomic mass is 10.1. The van der Waals surface area contributed by atoms with Crippen LogP contribution in [-0.2, 0) is 10.0 Å². The molecule has 0 fully saturated rings. The predicted octanol–water partition coefficient (Wildman–Crippen LogP) is 2.80. The number of carbonyl (C=O) groups excluding carboxylic acids is 1. The number of halogens is 1. The number of hydrogen-bond acceptors (Lipinski definition) is 4. The Kier molecular flexibility index (Phi) is 6.28. The first kappa shape index (κ1) is 20.2. The molecule has 0 saturated heterocycles. The molecule has 0 radical (unpaired) electrons. The van der Waals surface area contributed by atoms with Crippen LogP contribution in [0.4, 0.5) is 0 Å². The molecule has 0 spiro atoms. The summed E-state index contributed by atoms with van der Waals surface area (Å²) in [6.07, 6.45) is 0. The van der Waals surface area contributed by atoms with Gasteiger partial charge in [0.15, 0.2) is 0 Å². The fourth-order valence-electron chi connectivity index (χ4n) is 2.45. The topological polar surface area (TPSA) is 98.5 Å². The van der Waals surface area contributed by atoms with Crippen molar-refractivity contribution in [3.63, 3.8) is 0 Å². The zero-order valence-corrected chi connectivity index (χ0v) is 16.3. The average molecular weight is 397 g/mol. The summed E-state index contributed by atoms with van der Waals surface area (Å²) < 4.78 is 28.8. The number of nitrogens with two attached hydrogens (primary N) is 1. The molecule has 1 atom stereocenters. The molecule has 2 rings (SSSR count). The minimum atomic E-state index is -4.01. The third-order valence-corrected chi connectivity index (χ3v) is 5.16. The van der Waals surface area contributed by atoms with Gasteiger partial charge in [0, 0.05) is 5.56 Å². The molecule has 0 aromatic heterocycles. The summed E-state index contributed by atoms with van der Waals surface area (Å²) in [5.74, 6) is 0.348. The van der Waals surface area contributed by atoms with Crippen molar-refractivity contribution in [2.24, 2.45) is 5.14 Å². The summed E-state index contributed by atoms with van der Waals surface area (Å²) in [6.45, 7) is 5.97. The molecule has 140 valence electrons. The maximum absolute atomic E-state index is 12.3. The minimum Gasteiger partial charge on any atom is -0.491 e. The standard InChI is InChI=1S/C18H21ClN2O4S/c1-11-5-4-6-12(2)17(11)25-10-13(3)21-18(22)14-7-8-15(19)16(9-14)26(20,23)24/h4-9,13H,10H2,1-3H3,(H,21,22)(H2,20,23,24). The van der Waals surface area contributed by atoms with Gasteiger partial charge in [0.2, 0.25) is 10.0 Å². The summed E-state index contributed by atoms with van der Waals surface area (Å²) in [5.41, 5.74) is 2.18. The van der Waals surface area contributed by atoms with Crippen molar-refractivity contribution in [1.82, 2.24) is 5.32 Å². The molecular formula is C18H21ClN2O4S. The van der Waals surface area contributed by atoms with Gasteiger partial charge in [-0.3, -0.25) is 4.79 Å². The van der Waals surface area contributed by atoms with E-state index in [0.717, 1.165) is 22.9 Å². The highest BCUT2D eigenvalue weighted by Gasteiger charge is 2.17. The molecule has 2 aromatic carbocycles. The van der Waals surface area contributed by atoms with Crippen LogP contribution in [0.1, 0.15) is 28.4 Å². The van der Waals surface area contributed by atoms with Crippen LogP contribution in [0.3, 0.4) is 0 Å². The summed E-state index contributed by atoms with van der Waals surface area (Å²) in [6, 6.07) is 9.48. The molecule has 2 aromatic rings. The van der Waals surface area contributed by atoms with Crippen molar-refractivity contribution in [1.29, 1.82) is 0 Å². The minimum absolute atomic E-state index is 0.0320. The normalized spacial score (nSPS) is 12.5. The Morgan fingerprint density at radius 3 is 2.42 bits per heavy atom. The van der Waals surface area contributed by atoms with Gasteiger partial charge < -0.3 is 10.1 Å². The van der Waals surface area contributed by atoms with Gasteiger partial charge in [-0.15, -0.1) is 0 Å². The van der Waals surface area contributed by atoms with Crippen LogP contribution in [0.5, 0.6) is 5.75 Å². The molecule has 0 aliphatic rings. The summed E-state index contributed by atoms with van der Waals surface area (Å²) in [5, 5.41) is 7.83. The van der Waals surface area contributed by atoms with Crippen LogP contribution in [0.15, 0.2) is 41.3 Å². The van der Waals surface area contributed by atoms with Gasteiger partial charge in [0.05, 0.1) is 11.1 Å². The van der Waals surface area contributed by atoms with Gasteiger partial charge in [-0.1, -0.05) is 29.8 Å². The number of benzene rings is 2. The Hall–Kier alpha value is -2.09. The Bertz CT molecular complexity index is 909. The molecule has 1 amide bonds. The molecule has 0 aliphatic heterocycles. The SMILES string of the molecule is Cc1cccc(C)c1OCC(C)NC(=O)c1ccc(Cl)c(S(N)(=O)=O)c1. The number of sulfonamides is 1. The Balaban J connectivity index is 2.06. The average Bonchev–Trinajstić information content (AvgIpc) is 2.53. The van der Waals surface area contributed by atoms with E-state index in [0.29, 0.717) is 0 Å². The molecule has 8 heteroatoms. The van der Waals surface area contributed by atoms with Gasteiger partial charge in [-0.2, -0.15) is 0 Å². The molecule has 26 heavy (non-hydrogen) atoms. The largest absolute Gasteiger partial charge is 0.491 e. The third kappa shape index (κ3) is 4.97. The maximum Gasteiger partial charge on any atom is 0.251 e. The number of primary sulfonamides is 1. The summed E-state index contributed by atoms with van der Waals surface area (Å²) >= 11 is 5.83. The first-order chi connectivity index (χ1) is 12.1. The van der Waals surface area contributed by atoms with E-state index in [1.807, 2.05) is 32.0 Å². The molecule has 1 unspecified atom stereocenters. The Labute approximate surface area is 158 Å². The van der Waals surface area contributed by atoms with E-state index in [9.17, 15) is 13.2 Å². The molecule has 0 aliphatic carbocycles. The van der Waals surface area contributed by atoms with Crippen LogP contribution >= 0.6 is 11.6 Å². The molecule has 3 N–H and O–H groups in total. The number of rotatable bonds is 6. The number of carbonyl (C=O) groups is 1. The highest BCUT2D eigenvalue weighted by atomic mass is 35.5. The van der Waals surface area contributed by atoms with E-state index in [-0.39, 0.29) is 28.1 Å². The van der Waals surface area contributed by atoms with E-state index < -0.39 is 15.9 Å². The number of aryl methyl sites for hydroxylation is 2. The molecular weight excluding hydrogens is 376 g/mol. The van der Waals surface area contributed by atoms with Gasteiger partial charge in [0.1, 0.15) is 17.3 Å². The van der Waals surface area contributed by atoms with E-state index in [4.69, 9.17) is 21.5 Å². The molecule has 0 heterocycles. The Morgan fingerprint density at radius 1 is 1.23 bits per heavy atom. The van der Waals surface area contributed by atoms with E-state index in [2.05, 4.69) is 5.32 Å². The van der Waals surface area contributed by atoms with Crippen molar-refractivity contribution in [2.45, 2.75) is 31.7 Å². The maximum atomic E-state index is 12.3. The van der Waals surface area contributed by atoms with Gasteiger partial charge >= 0.3 is 0 Å². The number of hydrogen-bond donors (Lipinski definition) is 2. The second-order valence-corrected chi connectivity index (χ2v) is 8.03. The molecule has 0 saturated carbocycles. The highest BCUT2D eigenvalue weighted by Crippen LogP contribution is 2.23. The van der Waals surface area contributed by atoms with Crippen LogP contribution in [0.2, 0.25) is 5.02 Å². The molecule has 0 bridgehead atoms. The van der Waals surface area contributed by atoms with Crippen LogP contribution in [-0.4, -0.2) is 27.0 Å². The van der Waals surface area contributed by atoms with Crippen LogP contribution in [0.25, 0.3) is 0 Å². The van der Waals surface area contributed by atoms with Crippen molar-refractivity contribution >= 4 is 27.5 Å². The van der Waals surface area contributed by atoms with Crippen molar-refractivity contribution in [3.05, 3.63) is 58.1 Å². The van der Waals surface area contributed by atoms with Crippen LogP contribution in [0, 0.1) is 13.8 Å². The van der Waals surface area contributed by atoms with E-state index in [1.165, 1.54) is 12.1 Å². The summed E-state index contributed by atoms with van der Waals surface area (Å²) in [4.78, 5) is 12.1. The fraction of sp³-hybridized carbons (Fsp3) is 0.278. The monoisotopic (exact) mass is 396 g/mol. The van der Waals surface area contributed by atoms with Crippen molar-refractivity contribution in [2.75, 3.05) is 6.61 Å². The van der Waals surface area contributed by atoms with E-state index in [1.54, 1.807) is 6.92 Å². The lowest BCUT2D eigenvalue weighted by molar-refractivity contribution is 0.0926. The zero-order valence-electron chi connectivity index (χ0n) is 14.7. The quantitative estimate of drug-likeness (QED) is 0.784. The number of nitrogens with one attached hydrogen (secondary N) is 1. The lowest BCUT2D eigenvalue weighted by Crippen LogP contribution is -2.37. The highest BCUT2D eigenvalue weighted by molar-refractivity contribution is 7.89. The van der Waals surface area contributed by atoms with Crippen LogP contribution < -0.4 is 15.2 Å². The second kappa shape index (κ2) is 8.07. The number of para-hydroxylation sites is 1. The first-order valence-electron chi connectivity index (χ1n) is 7.92. The molecule has 6 nitrogen and oxygen atoms in total. The van der Waals surface area contributed by atoms with Crippen molar-refractivity contribution in [3.8, 4) is 5.75 Å². The lowest BCUT2D eigenvalue weighted by Gasteiger charge is -2.17. The van der Waals surface area contributed by atoms with Gasteiger partial charge in [-0.25, -0.2) is 13.6 Å². The van der Waals surface area contributed by atoms with Gasteiger partial charge in [-0.05, 0) is 50.1 Å².